The maximum atomic E-state index is 11.2. The average molecular weight is 332 g/mol. The van der Waals surface area contributed by atoms with E-state index >= 15 is 0 Å². The summed E-state index contributed by atoms with van der Waals surface area (Å²) in [5, 5.41) is 8.51. The maximum Gasteiger partial charge on any atom is 0.209 e. The maximum absolute atomic E-state index is 11.2. The molecule has 0 aliphatic heterocycles. The van der Waals surface area contributed by atoms with Gasteiger partial charge in [-0.2, -0.15) is 0 Å². The second-order valence-corrected chi connectivity index (χ2v) is 7.64. The highest BCUT2D eigenvalue weighted by Gasteiger charge is 2.27. The van der Waals surface area contributed by atoms with Gasteiger partial charge in [0.05, 0.1) is 5.75 Å². The molecule has 1 saturated carbocycles. The zero-order valence-corrected chi connectivity index (χ0v) is 13.5. The largest absolute Gasteiger partial charge is 0.367 e. The van der Waals surface area contributed by atoms with E-state index < -0.39 is 10.0 Å². The highest BCUT2D eigenvalue weighted by Crippen LogP contribution is 2.28. The predicted molar refractivity (Wildman–Crippen MR) is 90.2 cm³/mol. The molecule has 122 valence electrons. The number of anilines is 1. The molecule has 0 spiro atoms. The normalized spacial score (nSPS) is 21.3. The summed E-state index contributed by atoms with van der Waals surface area (Å²) < 4.78 is 22.4. The fraction of sp³-hybridized carbons (Fsp3) is 0.375. The fourth-order valence-corrected chi connectivity index (χ4v) is 4.02. The Morgan fingerprint density at radius 3 is 2.70 bits per heavy atom. The van der Waals surface area contributed by atoms with Crippen molar-refractivity contribution >= 4 is 15.8 Å². The van der Waals surface area contributed by atoms with Gasteiger partial charge < -0.3 is 5.32 Å². The molecule has 0 unspecified atom stereocenters. The van der Waals surface area contributed by atoms with Crippen LogP contribution in [0.5, 0.6) is 0 Å². The first-order chi connectivity index (χ1) is 11.0. The van der Waals surface area contributed by atoms with Crippen LogP contribution < -0.4 is 10.5 Å². The Morgan fingerprint density at radius 2 is 1.96 bits per heavy atom. The molecule has 1 fully saturated rings. The summed E-state index contributed by atoms with van der Waals surface area (Å²) in [6.07, 6.45) is 4.31. The Bertz CT molecular complexity index is 765. The predicted octanol–water partition coefficient (Wildman–Crippen LogP) is 2.01. The molecule has 0 bridgehead atoms. The quantitative estimate of drug-likeness (QED) is 0.873. The van der Waals surface area contributed by atoms with E-state index in [0.29, 0.717) is 5.82 Å². The molecule has 2 atom stereocenters. The zero-order valence-electron chi connectivity index (χ0n) is 12.7. The molecule has 7 heteroatoms. The van der Waals surface area contributed by atoms with Crippen molar-refractivity contribution in [2.45, 2.75) is 25.3 Å². The first-order valence-corrected chi connectivity index (χ1v) is 9.36. The molecule has 6 nitrogen and oxygen atoms in total. The Labute approximate surface area is 136 Å². The first-order valence-electron chi connectivity index (χ1n) is 7.65. The lowest BCUT2D eigenvalue weighted by molar-refractivity contribution is 0.557. The van der Waals surface area contributed by atoms with Gasteiger partial charge in [0.2, 0.25) is 10.0 Å². The smallest absolute Gasteiger partial charge is 0.209 e. The number of rotatable bonds is 5. The van der Waals surface area contributed by atoms with Crippen LogP contribution in [0.25, 0.3) is 11.4 Å². The minimum absolute atomic E-state index is 0.0597. The van der Waals surface area contributed by atoms with E-state index in [9.17, 15) is 8.42 Å². The third kappa shape index (κ3) is 4.49. The number of aromatic nitrogens is 2. The number of benzene rings is 1. The second-order valence-electron chi connectivity index (χ2n) is 5.98. The topological polar surface area (TPSA) is 98.0 Å². The molecule has 0 saturated heterocycles. The summed E-state index contributed by atoms with van der Waals surface area (Å²) in [7, 11) is -3.40. The van der Waals surface area contributed by atoms with E-state index in [4.69, 9.17) is 5.14 Å². The highest BCUT2D eigenvalue weighted by atomic mass is 32.2. The summed E-state index contributed by atoms with van der Waals surface area (Å²) in [5.41, 5.74) is 0.967. The van der Waals surface area contributed by atoms with Crippen LogP contribution in [0.15, 0.2) is 42.6 Å². The molecular weight excluding hydrogens is 312 g/mol. The van der Waals surface area contributed by atoms with Crippen molar-refractivity contribution < 1.29 is 8.42 Å². The lowest BCUT2D eigenvalue weighted by Crippen LogP contribution is -2.23. The summed E-state index contributed by atoms with van der Waals surface area (Å²) in [5.74, 6) is 1.62. The van der Waals surface area contributed by atoms with Crippen LogP contribution in [0.3, 0.4) is 0 Å². The number of nitrogens with zero attached hydrogens (tertiary/aromatic N) is 2. The Kier molecular flexibility index (Phi) is 4.58. The van der Waals surface area contributed by atoms with Gasteiger partial charge in [-0.15, -0.1) is 0 Å². The molecule has 2 aromatic rings. The summed E-state index contributed by atoms with van der Waals surface area (Å²) in [6.45, 7) is 0. The molecule has 0 radical (unpaired) electrons. The molecule has 1 aliphatic rings. The van der Waals surface area contributed by atoms with Crippen LogP contribution in [-0.2, 0) is 10.0 Å². The van der Waals surface area contributed by atoms with E-state index in [1.54, 1.807) is 6.20 Å². The highest BCUT2D eigenvalue weighted by molar-refractivity contribution is 7.89. The third-order valence-electron chi connectivity index (χ3n) is 4.05. The molecule has 1 aromatic heterocycles. The van der Waals surface area contributed by atoms with Crippen molar-refractivity contribution in [3.8, 4) is 11.4 Å². The molecule has 3 N–H and O–H groups in total. The standard InChI is InChI=1S/C16H20N4O2S/c17-23(21,22)11-12-6-7-14(10-12)19-15-8-9-18-16(20-15)13-4-2-1-3-5-13/h1-5,8-9,12,14H,6-7,10-11H2,(H2,17,21,22)(H,18,19,20)/t12-,14+/m1/s1. The second kappa shape index (κ2) is 6.64. The van der Waals surface area contributed by atoms with E-state index in [1.165, 1.54) is 0 Å². The lowest BCUT2D eigenvalue weighted by atomic mass is 10.1. The number of primary sulfonamides is 1. The summed E-state index contributed by atoms with van der Waals surface area (Å²) in [4.78, 5) is 8.84. The van der Waals surface area contributed by atoms with Crippen molar-refractivity contribution in [3.05, 3.63) is 42.6 Å². The number of hydrogen-bond donors (Lipinski definition) is 2. The van der Waals surface area contributed by atoms with Crippen molar-refractivity contribution in [1.82, 2.24) is 9.97 Å². The van der Waals surface area contributed by atoms with Crippen molar-refractivity contribution in [2.24, 2.45) is 11.1 Å². The molecule has 1 aliphatic carbocycles. The molecule has 23 heavy (non-hydrogen) atoms. The average Bonchev–Trinajstić information content (AvgIpc) is 2.93. The van der Waals surface area contributed by atoms with E-state index in [1.807, 2.05) is 36.4 Å². The summed E-state index contributed by atoms with van der Waals surface area (Å²) in [6, 6.07) is 11.9. The minimum Gasteiger partial charge on any atom is -0.367 e. The van der Waals surface area contributed by atoms with Gasteiger partial charge in [0.25, 0.3) is 0 Å². The molecular formula is C16H20N4O2S. The Balaban J connectivity index is 1.65. The van der Waals surface area contributed by atoms with Crippen LogP contribution in [0.2, 0.25) is 0 Å². The van der Waals surface area contributed by atoms with Gasteiger partial charge in [-0.05, 0) is 31.2 Å². The molecule has 0 amide bonds. The van der Waals surface area contributed by atoms with Crippen molar-refractivity contribution in [1.29, 1.82) is 0 Å². The van der Waals surface area contributed by atoms with Gasteiger partial charge >= 0.3 is 0 Å². The molecule has 1 heterocycles. The summed E-state index contributed by atoms with van der Waals surface area (Å²) >= 11 is 0. The monoisotopic (exact) mass is 332 g/mol. The van der Waals surface area contributed by atoms with E-state index in [2.05, 4.69) is 15.3 Å². The zero-order chi connectivity index (χ0) is 16.3. The van der Waals surface area contributed by atoms with Gasteiger partial charge in [0, 0.05) is 17.8 Å². The van der Waals surface area contributed by atoms with Crippen LogP contribution in [-0.4, -0.2) is 30.2 Å². The van der Waals surface area contributed by atoms with E-state index in [-0.39, 0.29) is 17.7 Å². The van der Waals surface area contributed by atoms with Gasteiger partial charge in [-0.25, -0.2) is 23.5 Å². The van der Waals surface area contributed by atoms with Gasteiger partial charge in [0.1, 0.15) is 5.82 Å². The van der Waals surface area contributed by atoms with Crippen LogP contribution in [0, 0.1) is 5.92 Å². The first kappa shape index (κ1) is 15.9. The Hall–Kier alpha value is -1.99. The number of nitrogens with one attached hydrogen (secondary N) is 1. The van der Waals surface area contributed by atoms with Crippen LogP contribution in [0.4, 0.5) is 5.82 Å². The van der Waals surface area contributed by atoms with Crippen molar-refractivity contribution in [3.63, 3.8) is 0 Å². The fourth-order valence-electron chi connectivity index (χ4n) is 3.06. The van der Waals surface area contributed by atoms with Gasteiger partial charge in [-0.3, -0.25) is 0 Å². The van der Waals surface area contributed by atoms with Gasteiger partial charge in [-0.1, -0.05) is 30.3 Å². The number of nitrogens with two attached hydrogens (primary N) is 1. The SMILES string of the molecule is NS(=O)(=O)C[C@@H]1CC[C@H](Nc2ccnc(-c3ccccc3)n2)C1. The number of hydrogen-bond acceptors (Lipinski definition) is 5. The minimum atomic E-state index is -3.40. The molecule has 3 rings (SSSR count). The van der Waals surface area contributed by atoms with Gasteiger partial charge in [0.15, 0.2) is 5.82 Å². The van der Waals surface area contributed by atoms with Crippen LogP contribution in [0.1, 0.15) is 19.3 Å². The van der Waals surface area contributed by atoms with Crippen LogP contribution >= 0.6 is 0 Å². The van der Waals surface area contributed by atoms with Crippen molar-refractivity contribution in [2.75, 3.05) is 11.1 Å². The number of sulfonamides is 1. The lowest BCUT2D eigenvalue weighted by Gasteiger charge is -2.14. The molecule has 1 aromatic carbocycles. The Morgan fingerprint density at radius 1 is 1.17 bits per heavy atom. The van der Waals surface area contributed by atoms with E-state index in [0.717, 1.165) is 30.6 Å². The third-order valence-corrected chi connectivity index (χ3v) is 4.98.